The van der Waals surface area contributed by atoms with E-state index in [0.29, 0.717) is 27.4 Å². The number of hydrogen-bond acceptors (Lipinski definition) is 1. The Kier molecular flexibility index (Phi) is 5.99. The molecule has 0 bridgehead atoms. The molecule has 0 aliphatic heterocycles. The van der Waals surface area contributed by atoms with E-state index in [0.717, 1.165) is 18.5 Å². The molecule has 1 aromatic carbocycles. The smallest absolute Gasteiger partial charge is 0.0640 e. The summed E-state index contributed by atoms with van der Waals surface area (Å²) in [5.41, 5.74) is 1.51. The molecule has 1 N–H and O–H groups in total. The van der Waals surface area contributed by atoms with Gasteiger partial charge in [0.2, 0.25) is 0 Å². The van der Waals surface area contributed by atoms with E-state index in [9.17, 15) is 0 Å². The molecule has 1 saturated carbocycles. The summed E-state index contributed by atoms with van der Waals surface area (Å²) in [5, 5.41) is 5.11. The van der Waals surface area contributed by atoms with E-state index in [1.807, 2.05) is 12.1 Å². The lowest BCUT2D eigenvalue weighted by Crippen LogP contribution is -2.39. The minimum absolute atomic E-state index is 0.298. The number of nitrogens with one attached hydrogen (secondary N) is 1. The van der Waals surface area contributed by atoms with Crippen molar-refractivity contribution in [1.82, 2.24) is 5.32 Å². The summed E-state index contributed by atoms with van der Waals surface area (Å²) in [4.78, 5) is 0. The minimum Gasteiger partial charge on any atom is -0.310 e. The molecule has 0 heterocycles. The quantitative estimate of drug-likeness (QED) is 0.673. The van der Waals surface area contributed by atoms with Crippen LogP contribution in [-0.2, 0) is 0 Å². The van der Waals surface area contributed by atoms with Gasteiger partial charge in [0.25, 0.3) is 0 Å². The van der Waals surface area contributed by atoms with Crippen LogP contribution in [0.1, 0.15) is 64.5 Å². The minimum atomic E-state index is 0.298. The predicted molar refractivity (Wildman–Crippen MR) is 93.2 cm³/mol. The van der Waals surface area contributed by atoms with Crippen LogP contribution >= 0.6 is 23.2 Å². The molecule has 118 valence electrons. The van der Waals surface area contributed by atoms with E-state index in [2.05, 4.69) is 32.2 Å². The monoisotopic (exact) mass is 327 g/mol. The van der Waals surface area contributed by atoms with Crippen LogP contribution in [0.25, 0.3) is 0 Å². The Hall–Kier alpha value is -0.240. The zero-order valence-electron chi connectivity index (χ0n) is 13.4. The normalized spacial score (nSPS) is 23.0. The van der Waals surface area contributed by atoms with Crippen molar-refractivity contribution in [2.45, 2.75) is 58.9 Å². The fourth-order valence-electron chi connectivity index (χ4n) is 3.67. The number of halogens is 2. The lowest BCUT2D eigenvalue weighted by atomic mass is 9.64. The predicted octanol–water partition coefficient (Wildman–Crippen LogP) is 6.25. The van der Waals surface area contributed by atoms with E-state index in [1.54, 1.807) is 0 Å². The van der Waals surface area contributed by atoms with Crippen LogP contribution in [0.3, 0.4) is 0 Å². The first kappa shape index (κ1) is 17.1. The molecule has 0 amide bonds. The van der Waals surface area contributed by atoms with Crippen LogP contribution in [0.4, 0.5) is 0 Å². The van der Waals surface area contributed by atoms with Crippen molar-refractivity contribution in [3.63, 3.8) is 0 Å². The van der Waals surface area contributed by atoms with Gasteiger partial charge in [0, 0.05) is 6.04 Å². The molecular weight excluding hydrogens is 301 g/mol. The Balaban J connectivity index is 2.35. The topological polar surface area (TPSA) is 12.0 Å². The van der Waals surface area contributed by atoms with Gasteiger partial charge in [0.05, 0.1) is 10.0 Å². The highest BCUT2D eigenvalue weighted by Gasteiger charge is 2.38. The maximum Gasteiger partial charge on any atom is 0.0640 e. The third kappa shape index (κ3) is 3.94. The maximum absolute atomic E-state index is 6.51. The molecule has 1 aliphatic carbocycles. The van der Waals surface area contributed by atoms with E-state index in [4.69, 9.17) is 23.2 Å². The van der Waals surface area contributed by atoms with Crippen molar-refractivity contribution < 1.29 is 0 Å². The van der Waals surface area contributed by atoms with Gasteiger partial charge in [-0.05, 0) is 48.8 Å². The van der Waals surface area contributed by atoms with Gasteiger partial charge in [-0.1, -0.05) is 68.9 Å². The first-order valence-electron chi connectivity index (χ1n) is 8.14. The molecule has 2 atom stereocenters. The first-order chi connectivity index (χ1) is 9.97. The summed E-state index contributed by atoms with van der Waals surface area (Å²) in [7, 11) is 0. The van der Waals surface area contributed by atoms with Crippen molar-refractivity contribution >= 4 is 23.2 Å². The summed E-state index contributed by atoms with van der Waals surface area (Å²) in [6, 6.07) is 6.31. The summed E-state index contributed by atoms with van der Waals surface area (Å²) < 4.78 is 0. The fourth-order valence-corrected chi connectivity index (χ4v) is 4.09. The van der Waals surface area contributed by atoms with Crippen molar-refractivity contribution in [2.75, 3.05) is 6.54 Å². The molecule has 2 unspecified atom stereocenters. The SMILES string of the molecule is CCCNC(c1cccc(Cl)c1Cl)C1CCCCC1(C)C. The van der Waals surface area contributed by atoms with Gasteiger partial charge in [-0.2, -0.15) is 0 Å². The third-order valence-corrected chi connectivity index (χ3v) is 5.76. The number of hydrogen-bond donors (Lipinski definition) is 1. The Labute approximate surface area is 139 Å². The maximum atomic E-state index is 6.51. The first-order valence-corrected chi connectivity index (χ1v) is 8.90. The Morgan fingerprint density at radius 2 is 2.05 bits per heavy atom. The van der Waals surface area contributed by atoms with Crippen molar-refractivity contribution in [1.29, 1.82) is 0 Å². The summed E-state index contributed by atoms with van der Waals surface area (Å²) in [6.07, 6.45) is 6.34. The highest BCUT2D eigenvalue weighted by molar-refractivity contribution is 6.42. The second kappa shape index (κ2) is 7.35. The zero-order valence-corrected chi connectivity index (χ0v) is 14.9. The van der Waals surface area contributed by atoms with Gasteiger partial charge in [-0.3, -0.25) is 0 Å². The summed E-state index contributed by atoms with van der Waals surface area (Å²) in [6.45, 7) is 8.02. The molecule has 1 aliphatic rings. The lowest BCUT2D eigenvalue weighted by Gasteiger charge is -2.44. The molecule has 3 heteroatoms. The van der Waals surface area contributed by atoms with Crippen LogP contribution in [0.15, 0.2) is 18.2 Å². The summed E-state index contributed by atoms with van der Waals surface area (Å²) >= 11 is 12.7. The van der Waals surface area contributed by atoms with Gasteiger partial charge in [0.1, 0.15) is 0 Å². The van der Waals surface area contributed by atoms with Gasteiger partial charge < -0.3 is 5.32 Å². The zero-order chi connectivity index (χ0) is 15.5. The third-order valence-electron chi connectivity index (χ3n) is 4.92. The van der Waals surface area contributed by atoms with Gasteiger partial charge >= 0.3 is 0 Å². The molecule has 0 radical (unpaired) electrons. The van der Waals surface area contributed by atoms with Gasteiger partial charge in [-0.15, -0.1) is 0 Å². The fraction of sp³-hybridized carbons (Fsp3) is 0.667. The second-order valence-electron chi connectivity index (χ2n) is 6.92. The Morgan fingerprint density at radius 1 is 1.29 bits per heavy atom. The van der Waals surface area contributed by atoms with Crippen LogP contribution < -0.4 is 5.32 Å². The number of benzene rings is 1. The summed E-state index contributed by atoms with van der Waals surface area (Å²) in [5.74, 6) is 0.605. The highest BCUT2D eigenvalue weighted by Crippen LogP contribution is 2.48. The van der Waals surface area contributed by atoms with Crippen LogP contribution in [-0.4, -0.2) is 6.54 Å². The van der Waals surface area contributed by atoms with E-state index >= 15 is 0 Å². The van der Waals surface area contributed by atoms with Crippen LogP contribution in [0, 0.1) is 11.3 Å². The van der Waals surface area contributed by atoms with E-state index in [1.165, 1.54) is 25.7 Å². The average molecular weight is 328 g/mol. The van der Waals surface area contributed by atoms with Gasteiger partial charge in [0.15, 0.2) is 0 Å². The molecule has 1 fully saturated rings. The van der Waals surface area contributed by atoms with E-state index < -0.39 is 0 Å². The Morgan fingerprint density at radius 3 is 2.71 bits per heavy atom. The molecule has 2 rings (SSSR count). The lowest BCUT2D eigenvalue weighted by molar-refractivity contribution is 0.0982. The molecule has 1 aromatic rings. The molecule has 21 heavy (non-hydrogen) atoms. The van der Waals surface area contributed by atoms with Crippen molar-refractivity contribution in [2.24, 2.45) is 11.3 Å². The molecule has 0 saturated heterocycles. The molecular formula is C18H27Cl2N. The van der Waals surface area contributed by atoms with Gasteiger partial charge in [-0.25, -0.2) is 0 Å². The molecule has 0 spiro atoms. The standard InChI is InChI=1S/C18H27Cl2N/c1-4-12-21-17(13-8-7-10-15(19)16(13)20)14-9-5-6-11-18(14,2)3/h7-8,10,14,17,21H,4-6,9,11-12H2,1-3H3. The van der Waals surface area contributed by atoms with Crippen molar-refractivity contribution in [3.05, 3.63) is 33.8 Å². The molecule has 1 nitrogen and oxygen atoms in total. The van der Waals surface area contributed by atoms with E-state index in [-0.39, 0.29) is 0 Å². The van der Waals surface area contributed by atoms with Crippen LogP contribution in [0.2, 0.25) is 10.0 Å². The average Bonchev–Trinajstić information content (AvgIpc) is 2.44. The molecule has 0 aromatic heterocycles. The largest absolute Gasteiger partial charge is 0.310 e. The number of rotatable bonds is 5. The van der Waals surface area contributed by atoms with Crippen molar-refractivity contribution in [3.8, 4) is 0 Å². The highest BCUT2D eigenvalue weighted by atomic mass is 35.5. The second-order valence-corrected chi connectivity index (χ2v) is 7.70. The Bertz CT molecular complexity index is 470. The van der Waals surface area contributed by atoms with Crippen LogP contribution in [0.5, 0.6) is 0 Å².